The summed E-state index contributed by atoms with van der Waals surface area (Å²) in [6, 6.07) is 2.83. The van der Waals surface area contributed by atoms with Gasteiger partial charge >= 0.3 is 0 Å². The van der Waals surface area contributed by atoms with Crippen LogP contribution < -0.4 is 5.73 Å². The number of rotatable bonds is 2. The molecule has 1 aromatic rings. The standard InChI is InChI=1S/C13H17FN2O3/c1-8-4-9(15)5-11(12(8)14)13(18)16-2-3-19-10(6-16)7-17/h4-5,10,17H,2-3,6-7,15H2,1H3. The maximum Gasteiger partial charge on any atom is 0.257 e. The van der Waals surface area contributed by atoms with Crippen molar-refractivity contribution in [3.05, 3.63) is 29.1 Å². The summed E-state index contributed by atoms with van der Waals surface area (Å²) in [5.74, 6) is -0.971. The molecule has 3 N–H and O–H groups in total. The zero-order valence-corrected chi connectivity index (χ0v) is 10.7. The van der Waals surface area contributed by atoms with Crippen molar-refractivity contribution >= 4 is 11.6 Å². The number of anilines is 1. The highest BCUT2D eigenvalue weighted by Crippen LogP contribution is 2.20. The first-order valence-corrected chi connectivity index (χ1v) is 6.10. The van der Waals surface area contributed by atoms with Gasteiger partial charge in [0.15, 0.2) is 0 Å². The molecule has 1 saturated heterocycles. The second-order valence-electron chi connectivity index (χ2n) is 4.63. The Morgan fingerprint density at radius 2 is 2.37 bits per heavy atom. The summed E-state index contributed by atoms with van der Waals surface area (Å²) in [5, 5.41) is 9.05. The number of hydrogen-bond donors (Lipinski definition) is 2. The van der Waals surface area contributed by atoms with Crippen molar-refractivity contribution < 1.29 is 19.0 Å². The lowest BCUT2D eigenvalue weighted by molar-refractivity contribution is -0.0448. The Hall–Kier alpha value is -1.66. The molecule has 0 spiro atoms. The molecular weight excluding hydrogens is 251 g/mol. The SMILES string of the molecule is Cc1cc(N)cc(C(=O)N2CCOC(CO)C2)c1F. The second kappa shape index (κ2) is 5.54. The second-order valence-corrected chi connectivity index (χ2v) is 4.63. The van der Waals surface area contributed by atoms with Crippen molar-refractivity contribution in [3.63, 3.8) is 0 Å². The summed E-state index contributed by atoms with van der Waals surface area (Å²) < 4.78 is 19.2. The summed E-state index contributed by atoms with van der Waals surface area (Å²) in [5.41, 5.74) is 6.31. The normalized spacial score (nSPS) is 19.5. The lowest BCUT2D eigenvalue weighted by atomic mass is 10.1. The average Bonchev–Trinajstić information content (AvgIpc) is 2.42. The molecule has 2 rings (SSSR count). The molecule has 1 aliphatic heterocycles. The van der Waals surface area contributed by atoms with Gasteiger partial charge in [0.2, 0.25) is 0 Å². The minimum atomic E-state index is -0.550. The number of carbonyl (C=O) groups is 1. The van der Waals surface area contributed by atoms with Gasteiger partial charge in [-0.3, -0.25) is 4.79 Å². The number of nitrogens with zero attached hydrogens (tertiary/aromatic N) is 1. The topological polar surface area (TPSA) is 75.8 Å². The Morgan fingerprint density at radius 1 is 1.63 bits per heavy atom. The fraction of sp³-hybridized carbons (Fsp3) is 0.462. The summed E-state index contributed by atoms with van der Waals surface area (Å²) in [4.78, 5) is 13.8. The van der Waals surface area contributed by atoms with E-state index in [-0.39, 0.29) is 18.7 Å². The van der Waals surface area contributed by atoms with Crippen LogP contribution in [0.5, 0.6) is 0 Å². The van der Waals surface area contributed by atoms with Crippen LogP contribution in [0.4, 0.5) is 10.1 Å². The molecule has 1 aromatic carbocycles. The van der Waals surface area contributed by atoms with E-state index in [1.54, 1.807) is 6.92 Å². The van der Waals surface area contributed by atoms with Gasteiger partial charge in [-0.1, -0.05) is 0 Å². The molecule has 1 amide bonds. The Bertz CT molecular complexity index is 493. The molecule has 0 saturated carbocycles. The smallest absolute Gasteiger partial charge is 0.257 e. The van der Waals surface area contributed by atoms with E-state index < -0.39 is 17.8 Å². The number of aryl methyl sites for hydroxylation is 1. The molecule has 0 aromatic heterocycles. The summed E-state index contributed by atoms with van der Waals surface area (Å²) in [6.45, 7) is 2.37. The fourth-order valence-corrected chi connectivity index (χ4v) is 2.14. The maximum absolute atomic E-state index is 14.0. The minimum absolute atomic E-state index is 0.0314. The van der Waals surface area contributed by atoms with Crippen molar-refractivity contribution in [2.24, 2.45) is 0 Å². The number of nitrogens with two attached hydrogens (primary N) is 1. The number of benzene rings is 1. The van der Waals surface area contributed by atoms with Crippen LogP contribution in [0, 0.1) is 12.7 Å². The molecule has 104 valence electrons. The lowest BCUT2D eigenvalue weighted by Gasteiger charge is -2.32. The molecule has 1 aliphatic rings. The lowest BCUT2D eigenvalue weighted by Crippen LogP contribution is -2.47. The van der Waals surface area contributed by atoms with E-state index >= 15 is 0 Å². The van der Waals surface area contributed by atoms with Gasteiger partial charge in [-0.2, -0.15) is 0 Å². The van der Waals surface area contributed by atoms with Gasteiger partial charge in [0, 0.05) is 18.8 Å². The van der Waals surface area contributed by atoms with E-state index in [0.29, 0.717) is 24.4 Å². The molecule has 5 nitrogen and oxygen atoms in total. The van der Waals surface area contributed by atoms with E-state index in [9.17, 15) is 9.18 Å². The van der Waals surface area contributed by atoms with E-state index in [0.717, 1.165) is 0 Å². The van der Waals surface area contributed by atoms with Gasteiger partial charge < -0.3 is 20.5 Å². The predicted octanol–water partition coefficient (Wildman–Crippen LogP) is 0.550. The van der Waals surface area contributed by atoms with Crippen molar-refractivity contribution in [2.75, 3.05) is 32.0 Å². The van der Waals surface area contributed by atoms with Crippen molar-refractivity contribution in [2.45, 2.75) is 13.0 Å². The van der Waals surface area contributed by atoms with E-state index in [1.807, 2.05) is 0 Å². The van der Waals surface area contributed by atoms with Crippen LogP contribution in [0.1, 0.15) is 15.9 Å². The highest BCUT2D eigenvalue weighted by molar-refractivity contribution is 5.95. The maximum atomic E-state index is 14.0. The van der Waals surface area contributed by atoms with Crippen molar-refractivity contribution in [1.29, 1.82) is 0 Å². The number of nitrogen functional groups attached to an aromatic ring is 1. The molecule has 1 heterocycles. The molecule has 0 radical (unpaired) electrons. The molecule has 0 aliphatic carbocycles. The third kappa shape index (κ3) is 2.85. The van der Waals surface area contributed by atoms with Gasteiger partial charge in [-0.15, -0.1) is 0 Å². The number of morpholine rings is 1. The van der Waals surface area contributed by atoms with Crippen LogP contribution in [-0.4, -0.2) is 48.3 Å². The Kier molecular flexibility index (Phi) is 4.01. The van der Waals surface area contributed by atoms with Crippen LogP contribution in [0.15, 0.2) is 12.1 Å². The highest BCUT2D eigenvalue weighted by Gasteiger charge is 2.26. The van der Waals surface area contributed by atoms with Gasteiger partial charge in [0.25, 0.3) is 5.91 Å². The summed E-state index contributed by atoms with van der Waals surface area (Å²) >= 11 is 0. The van der Waals surface area contributed by atoms with Gasteiger partial charge in [0.05, 0.1) is 24.9 Å². The van der Waals surface area contributed by atoms with E-state index in [4.69, 9.17) is 15.6 Å². The Morgan fingerprint density at radius 3 is 3.05 bits per heavy atom. The van der Waals surface area contributed by atoms with E-state index in [1.165, 1.54) is 17.0 Å². The third-order valence-corrected chi connectivity index (χ3v) is 3.14. The first-order chi connectivity index (χ1) is 9.02. The minimum Gasteiger partial charge on any atom is -0.399 e. The number of ether oxygens (including phenoxy) is 1. The largest absolute Gasteiger partial charge is 0.399 e. The predicted molar refractivity (Wildman–Crippen MR) is 68.3 cm³/mol. The van der Waals surface area contributed by atoms with Gasteiger partial charge in [-0.25, -0.2) is 4.39 Å². The molecule has 6 heteroatoms. The number of hydrogen-bond acceptors (Lipinski definition) is 4. The molecule has 19 heavy (non-hydrogen) atoms. The van der Waals surface area contributed by atoms with Crippen LogP contribution in [-0.2, 0) is 4.74 Å². The summed E-state index contributed by atoms with van der Waals surface area (Å²) in [7, 11) is 0. The van der Waals surface area contributed by atoms with Crippen molar-refractivity contribution in [1.82, 2.24) is 4.90 Å². The monoisotopic (exact) mass is 268 g/mol. The first-order valence-electron chi connectivity index (χ1n) is 6.10. The number of aliphatic hydroxyl groups excluding tert-OH is 1. The fourth-order valence-electron chi connectivity index (χ4n) is 2.14. The zero-order valence-electron chi connectivity index (χ0n) is 10.7. The molecule has 0 bridgehead atoms. The van der Waals surface area contributed by atoms with Crippen LogP contribution in [0.25, 0.3) is 0 Å². The highest BCUT2D eigenvalue weighted by atomic mass is 19.1. The molecular formula is C13H17FN2O3. The quantitative estimate of drug-likeness (QED) is 0.768. The van der Waals surface area contributed by atoms with Crippen LogP contribution >= 0.6 is 0 Å². The number of aliphatic hydroxyl groups is 1. The molecule has 1 fully saturated rings. The Labute approximate surface area is 110 Å². The van der Waals surface area contributed by atoms with Crippen LogP contribution in [0.2, 0.25) is 0 Å². The van der Waals surface area contributed by atoms with Gasteiger partial charge in [0.1, 0.15) is 5.82 Å². The molecule has 1 unspecified atom stereocenters. The van der Waals surface area contributed by atoms with Crippen molar-refractivity contribution in [3.8, 4) is 0 Å². The van der Waals surface area contributed by atoms with E-state index in [2.05, 4.69) is 0 Å². The Balaban J connectivity index is 2.24. The first kappa shape index (κ1) is 13.8. The summed E-state index contributed by atoms with van der Waals surface area (Å²) in [6.07, 6.45) is -0.414. The zero-order chi connectivity index (χ0) is 14.0. The van der Waals surface area contributed by atoms with Gasteiger partial charge in [-0.05, 0) is 24.6 Å². The molecule has 1 atom stereocenters. The number of amides is 1. The number of halogens is 1. The third-order valence-electron chi connectivity index (χ3n) is 3.14. The number of carbonyl (C=O) groups excluding carboxylic acids is 1. The van der Waals surface area contributed by atoms with Crippen LogP contribution in [0.3, 0.4) is 0 Å². The average molecular weight is 268 g/mol.